The van der Waals surface area contributed by atoms with E-state index in [0.29, 0.717) is 18.3 Å². The molecular weight excluding hydrogens is 470 g/mol. The molecule has 3 atom stereocenters. The zero-order valence-corrected chi connectivity index (χ0v) is 20.6. The van der Waals surface area contributed by atoms with Gasteiger partial charge in [0.25, 0.3) is 11.8 Å². The van der Waals surface area contributed by atoms with Crippen molar-refractivity contribution in [3.8, 4) is 5.75 Å². The van der Waals surface area contributed by atoms with Crippen LogP contribution in [0.25, 0.3) is 0 Å². The SMILES string of the molecule is CCCCOc1c2n(cc(C(=O)NCc3ccc(F)cc3F)c1=O)N(C)[C@@]1(CC[C@@H]3C[C@@H]31)N(C)C2=O. The molecule has 1 N–H and O–H groups in total. The van der Waals surface area contributed by atoms with Crippen LogP contribution >= 0.6 is 0 Å². The molecule has 5 rings (SSSR count). The van der Waals surface area contributed by atoms with Crippen LogP contribution in [0.3, 0.4) is 0 Å². The molecule has 1 aliphatic heterocycles. The van der Waals surface area contributed by atoms with Crippen LogP contribution in [-0.4, -0.2) is 47.8 Å². The van der Waals surface area contributed by atoms with Gasteiger partial charge in [-0.05, 0) is 37.7 Å². The van der Waals surface area contributed by atoms with Crippen molar-refractivity contribution >= 4 is 11.8 Å². The monoisotopic (exact) mass is 500 g/mol. The van der Waals surface area contributed by atoms with E-state index in [1.807, 2.05) is 19.0 Å². The fourth-order valence-electron chi connectivity index (χ4n) is 5.83. The number of halogens is 2. The molecule has 0 radical (unpaired) electrons. The van der Waals surface area contributed by atoms with Crippen LogP contribution in [0.5, 0.6) is 5.75 Å². The minimum atomic E-state index is -0.795. The van der Waals surface area contributed by atoms with E-state index < -0.39 is 28.6 Å². The van der Waals surface area contributed by atoms with Gasteiger partial charge < -0.3 is 15.0 Å². The van der Waals surface area contributed by atoms with Gasteiger partial charge in [0.2, 0.25) is 5.43 Å². The summed E-state index contributed by atoms with van der Waals surface area (Å²) in [6.07, 6.45) is 5.72. The first-order valence-corrected chi connectivity index (χ1v) is 12.4. The number of fused-ring (bicyclic) bond motifs is 3. The molecule has 10 heteroatoms. The first-order chi connectivity index (χ1) is 17.2. The number of benzene rings is 1. The molecule has 0 unspecified atom stereocenters. The Morgan fingerprint density at radius 2 is 2.03 bits per heavy atom. The van der Waals surface area contributed by atoms with Gasteiger partial charge in [0.05, 0.1) is 6.61 Å². The molecule has 192 valence electrons. The number of pyridine rings is 1. The second-order valence-corrected chi connectivity index (χ2v) is 9.92. The Bertz CT molecular complexity index is 1300. The van der Waals surface area contributed by atoms with E-state index in [9.17, 15) is 23.2 Å². The van der Waals surface area contributed by atoms with E-state index >= 15 is 0 Å². The third-order valence-electron chi connectivity index (χ3n) is 7.96. The molecule has 2 aliphatic carbocycles. The highest BCUT2D eigenvalue weighted by molar-refractivity contribution is 6.00. The Morgan fingerprint density at radius 1 is 1.25 bits per heavy atom. The van der Waals surface area contributed by atoms with E-state index in [2.05, 4.69) is 5.32 Å². The van der Waals surface area contributed by atoms with Gasteiger partial charge in [0, 0.05) is 44.4 Å². The maximum Gasteiger partial charge on any atom is 0.278 e. The number of rotatable bonds is 7. The Balaban J connectivity index is 1.54. The van der Waals surface area contributed by atoms with Crippen LogP contribution in [0.2, 0.25) is 0 Å². The molecule has 0 saturated heterocycles. The van der Waals surface area contributed by atoms with Gasteiger partial charge in [-0.2, -0.15) is 0 Å². The first kappa shape index (κ1) is 24.3. The topological polar surface area (TPSA) is 83.9 Å². The predicted octanol–water partition coefficient (Wildman–Crippen LogP) is 3.02. The number of ether oxygens (including phenoxy) is 1. The zero-order valence-electron chi connectivity index (χ0n) is 20.6. The van der Waals surface area contributed by atoms with Crippen molar-refractivity contribution in [2.75, 3.05) is 25.7 Å². The maximum absolute atomic E-state index is 14.1. The van der Waals surface area contributed by atoms with Gasteiger partial charge in [-0.25, -0.2) is 8.78 Å². The van der Waals surface area contributed by atoms with Crippen molar-refractivity contribution in [1.29, 1.82) is 0 Å². The summed E-state index contributed by atoms with van der Waals surface area (Å²) in [5, 5.41) is 4.49. The summed E-state index contributed by atoms with van der Waals surface area (Å²) in [6.45, 7) is 1.97. The standard InChI is InChI=1S/C26H30F2N4O4/c1-4-5-10-36-23-21-25(35)30(2)26(9-8-15-11-19(15)26)31(3)32(21)14-18(22(23)33)24(34)29-13-16-6-7-17(27)12-20(16)28/h6-7,12,14-15,19H,4-5,8-11,13H2,1-3H3,(H,29,34)/t15-,19+,26-/m1/s1. The van der Waals surface area contributed by atoms with E-state index in [1.54, 1.807) is 16.6 Å². The summed E-state index contributed by atoms with van der Waals surface area (Å²) < 4.78 is 34.7. The normalized spacial score (nSPS) is 24.1. The van der Waals surface area contributed by atoms with Crippen molar-refractivity contribution in [2.45, 2.75) is 51.2 Å². The highest BCUT2D eigenvalue weighted by Gasteiger charge is 2.65. The lowest BCUT2D eigenvalue weighted by molar-refractivity contribution is 0.0326. The van der Waals surface area contributed by atoms with Gasteiger partial charge >= 0.3 is 0 Å². The number of nitrogens with one attached hydrogen (secondary N) is 1. The minimum Gasteiger partial charge on any atom is -0.487 e. The molecule has 2 aromatic rings. The molecule has 1 aromatic carbocycles. The molecule has 2 fully saturated rings. The Hall–Kier alpha value is -3.43. The second-order valence-electron chi connectivity index (χ2n) is 9.92. The first-order valence-electron chi connectivity index (χ1n) is 12.4. The van der Waals surface area contributed by atoms with Crippen LogP contribution in [0.4, 0.5) is 8.78 Å². The van der Waals surface area contributed by atoms with Crippen molar-refractivity contribution < 1.29 is 23.1 Å². The van der Waals surface area contributed by atoms with Crippen LogP contribution in [0, 0.1) is 23.5 Å². The molecule has 1 spiro atoms. The molecule has 0 bridgehead atoms. The molecule has 8 nitrogen and oxygen atoms in total. The molecule has 36 heavy (non-hydrogen) atoms. The van der Waals surface area contributed by atoms with E-state index in [0.717, 1.165) is 37.8 Å². The predicted molar refractivity (Wildman–Crippen MR) is 128 cm³/mol. The van der Waals surface area contributed by atoms with E-state index in [1.165, 1.54) is 12.3 Å². The van der Waals surface area contributed by atoms with Crippen molar-refractivity contribution in [1.82, 2.24) is 14.9 Å². The van der Waals surface area contributed by atoms with Gasteiger partial charge in [-0.1, -0.05) is 19.4 Å². The average Bonchev–Trinajstić information content (AvgIpc) is 3.55. The molecule has 2 amide bonds. The van der Waals surface area contributed by atoms with Gasteiger partial charge in [0.15, 0.2) is 11.4 Å². The fraction of sp³-hybridized carbons (Fsp3) is 0.500. The summed E-state index contributed by atoms with van der Waals surface area (Å²) in [7, 11) is 3.63. The number of unbranched alkanes of at least 4 members (excludes halogenated alkanes) is 1. The number of amides is 2. The Kier molecular flexibility index (Phi) is 6.00. The molecule has 3 aliphatic rings. The van der Waals surface area contributed by atoms with Gasteiger partial charge in [0.1, 0.15) is 22.9 Å². The molecule has 2 saturated carbocycles. The smallest absolute Gasteiger partial charge is 0.278 e. The summed E-state index contributed by atoms with van der Waals surface area (Å²) in [5.74, 6) is -1.83. The average molecular weight is 501 g/mol. The van der Waals surface area contributed by atoms with Crippen molar-refractivity contribution in [3.63, 3.8) is 0 Å². The van der Waals surface area contributed by atoms with Crippen LogP contribution < -0.4 is 20.5 Å². The lowest BCUT2D eigenvalue weighted by Crippen LogP contribution is -2.68. The molecule has 1 aromatic heterocycles. The summed E-state index contributed by atoms with van der Waals surface area (Å²) in [4.78, 5) is 41.9. The van der Waals surface area contributed by atoms with Gasteiger partial charge in [-0.15, -0.1) is 0 Å². The molecule has 2 heterocycles. The Morgan fingerprint density at radius 3 is 2.67 bits per heavy atom. The minimum absolute atomic E-state index is 0.0841. The second kappa shape index (κ2) is 8.90. The Labute approximate surface area is 207 Å². The quantitative estimate of drug-likeness (QED) is 0.591. The van der Waals surface area contributed by atoms with Gasteiger partial charge in [-0.3, -0.25) is 24.1 Å². The highest BCUT2D eigenvalue weighted by atomic mass is 19.1. The summed E-state index contributed by atoms with van der Waals surface area (Å²) in [5.41, 5.74) is -1.26. The third-order valence-corrected chi connectivity index (χ3v) is 7.96. The lowest BCUT2D eigenvalue weighted by Gasteiger charge is -2.52. The number of hydrogen-bond acceptors (Lipinski definition) is 5. The number of hydrogen-bond donors (Lipinski definition) is 1. The van der Waals surface area contributed by atoms with Crippen molar-refractivity contribution in [3.05, 3.63) is 63.1 Å². The van der Waals surface area contributed by atoms with E-state index in [4.69, 9.17) is 4.74 Å². The van der Waals surface area contributed by atoms with Crippen LogP contribution in [0.15, 0.2) is 29.2 Å². The zero-order chi connectivity index (χ0) is 25.8. The summed E-state index contributed by atoms with van der Waals surface area (Å²) >= 11 is 0. The maximum atomic E-state index is 14.1. The number of aromatic nitrogens is 1. The summed E-state index contributed by atoms with van der Waals surface area (Å²) in [6, 6.07) is 3.07. The third kappa shape index (κ3) is 3.65. The number of nitrogens with zero attached hydrogens (tertiary/aromatic N) is 3. The number of carbonyl (C=O) groups is 2. The lowest BCUT2D eigenvalue weighted by atomic mass is 9.98. The van der Waals surface area contributed by atoms with E-state index in [-0.39, 0.29) is 41.6 Å². The van der Waals surface area contributed by atoms with Crippen LogP contribution in [-0.2, 0) is 6.54 Å². The fourth-order valence-corrected chi connectivity index (χ4v) is 5.83. The molecular formula is C26H30F2N4O4. The largest absolute Gasteiger partial charge is 0.487 e. The number of carbonyl (C=O) groups excluding carboxylic acids is 2. The highest BCUT2D eigenvalue weighted by Crippen LogP contribution is 2.61. The van der Waals surface area contributed by atoms with Crippen LogP contribution in [0.1, 0.15) is 65.4 Å². The van der Waals surface area contributed by atoms with Crippen molar-refractivity contribution in [2.24, 2.45) is 11.8 Å².